The van der Waals surface area contributed by atoms with Crippen molar-refractivity contribution in [3.63, 3.8) is 0 Å². The zero-order chi connectivity index (χ0) is 20.3. The van der Waals surface area contributed by atoms with Crippen LogP contribution in [0.5, 0.6) is 0 Å². The van der Waals surface area contributed by atoms with Gasteiger partial charge in [0.05, 0.1) is 12.7 Å². The number of hydrogen-bond donors (Lipinski definition) is 2. The fraction of sp³-hybridized carbons (Fsp3) is 0.882. The van der Waals surface area contributed by atoms with Crippen LogP contribution in [0.25, 0.3) is 0 Å². The maximum Gasteiger partial charge on any atom is 0.405 e. The molecule has 0 saturated heterocycles. The molecule has 0 bridgehead atoms. The summed E-state index contributed by atoms with van der Waals surface area (Å²) < 4.78 is 12.6. The molecule has 1 unspecified atom stereocenters. The fourth-order valence-electron chi connectivity index (χ4n) is 1.63. The summed E-state index contributed by atoms with van der Waals surface area (Å²) in [6, 6.07) is -0.948. The van der Waals surface area contributed by atoms with Crippen molar-refractivity contribution in [2.24, 2.45) is 0 Å². The minimum absolute atomic E-state index is 0.0193. The number of hydrogen-bond acceptors (Lipinski definition) is 4. The number of rotatable bonds is 8. The summed E-state index contributed by atoms with van der Waals surface area (Å²) in [4.78, 5) is 22.6. The number of nitrogens with one attached hydrogen (secondary N) is 1. The lowest BCUT2D eigenvalue weighted by molar-refractivity contribution is -0.112. The highest BCUT2D eigenvalue weighted by molar-refractivity contribution is 6.74. The Morgan fingerprint density at radius 2 is 1.48 bits per heavy atom. The third-order valence-corrected chi connectivity index (χ3v) is 14.5. The molecule has 1 amide bonds. The van der Waals surface area contributed by atoms with Crippen LogP contribution in [0.1, 0.15) is 41.5 Å². The first-order valence-electron chi connectivity index (χ1n) is 8.71. The van der Waals surface area contributed by atoms with Crippen molar-refractivity contribution in [1.29, 1.82) is 0 Å². The van der Waals surface area contributed by atoms with Crippen LogP contribution in [0.2, 0.25) is 36.3 Å². The molecule has 0 rings (SSSR count). The van der Waals surface area contributed by atoms with Crippen LogP contribution in [0.4, 0.5) is 4.79 Å². The van der Waals surface area contributed by atoms with Gasteiger partial charge in [-0.25, -0.2) is 4.79 Å². The highest BCUT2D eigenvalue weighted by atomic mass is 28.4. The lowest BCUT2D eigenvalue weighted by atomic mass is 10.2. The topological polar surface area (TPSA) is 84.9 Å². The van der Waals surface area contributed by atoms with Crippen molar-refractivity contribution in [3.05, 3.63) is 0 Å². The van der Waals surface area contributed by atoms with Crippen LogP contribution in [0.15, 0.2) is 0 Å². The van der Waals surface area contributed by atoms with Crippen LogP contribution in [-0.2, 0) is 13.6 Å². The van der Waals surface area contributed by atoms with Gasteiger partial charge >= 0.3 is 6.09 Å². The van der Waals surface area contributed by atoms with Crippen molar-refractivity contribution in [2.75, 3.05) is 6.61 Å². The van der Waals surface area contributed by atoms with E-state index in [1.165, 1.54) is 0 Å². The van der Waals surface area contributed by atoms with E-state index < -0.39 is 34.9 Å². The summed E-state index contributed by atoms with van der Waals surface area (Å²) in [7, 11) is -4.24. The maximum atomic E-state index is 11.5. The van der Waals surface area contributed by atoms with E-state index in [-0.39, 0.29) is 16.7 Å². The molecule has 0 aliphatic heterocycles. The molecule has 2 atom stereocenters. The first-order chi connectivity index (χ1) is 10.9. The average Bonchev–Trinajstić information content (AvgIpc) is 2.38. The van der Waals surface area contributed by atoms with E-state index in [1.54, 1.807) is 0 Å². The number of amides is 1. The molecular weight excluding hydrogens is 354 g/mol. The molecule has 0 aromatic rings. The van der Waals surface area contributed by atoms with Gasteiger partial charge in [0.25, 0.3) is 0 Å². The molecule has 0 aliphatic carbocycles. The van der Waals surface area contributed by atoms with Crippen molar-refractivity contribution >= 4 is 29.0 Å². The highest BCUT2D eigenvalue weighted by Gasteiger charge is 2.43. The van der Waals surface area contributed by atoms with Gasteiger partial charge in [0.15, 0.2) is 16.6 Å². The van der Waals surface area contributed by atoms with E-state index in [9.17, 15) is 9.59 Å². The Morgan fingerprint density at radius 1 is 1.04 bits per heavy atom. The molecule has 0 heterocycles. The standard InChI is InChI=1S/C17H37NO5Si2/c1-16(2,3)24(7,8)22-12-14(13(11-19)18-15(20)21)23-25(9,10)17(4,5)6/h11,13-14,18H,12H2,1-10H3,(H,20,21)/t13?,14-/m1/s1. The molecule has 0 aliphatic rings. The van der Waals surface area contributed by atoms with E-state index in [1.807, 2.05) is 0 Å². The lowest BCUT2D eigenvalue weighted by Crippen LogP contribution is -2.55. The molecule has 0 spiro atoms. The number of carbonyl (C=O) groups is 2. The third-order valence-electron chi connectivity index (χ3n) is 5.50. The average molecular weight is 392 g/mol. The van der Waals surface area contributed by atoms with Crippen molar-refractivity contribution in [2.45, 2.75) is 90.0 Å². The molecule has 0 radical (unpaired) electrons. The SMILES string of the molecule is CC(C)(C)[Si](C)(C)OC[C@@H](O[Si](C)(C)C(C)(C)C)C(C=O)NC(=O)O. The van der Waals surface area contributed by atoms with E-state index in [2.05, 4.69) is 73.0 Å². The third kappa shape index (κ3) is 7.20. The van der Waals surface area contributed by atoms with Gasteiger partial charge in [-0.1, -0.05) is 41.5 Å². The second kappa shape index (κ2) is 8.32. The van der Waals surface area contributed by atoms with Gasteiger partial charge in [0.2, 0.25) is 0 Å². The molecule has 148 valence electrons. The summed E-state index contributed by atoms with van der Waals surface area (Å²) in [6.07, 6.45) is -1.28. The van der Waals surface area contributed by atoms with Crippen LogP contribution in [0.3, 0.4) is 0 Å². The fourth-order valence-corrected chi connectivity index (χ4v) is 3.97. The molecule has 0 fully saturated rings. The van der Waals surface area contributed by atoms with Gasteiger partial charge in [0.1, 0.15) is 12.3 Å². The molecule has 0 saturated carbocycles. The van der Waals surface area contributed by atoms with E-state index in [0.29, 0.717) is 6.29 Å². The van der Waals surface area contributed by atoms with Crippen LogP contribution in [0, 0.1) is 0 Å². The molecule has 6 nitrogen and oxygen atoms in total. The zero-order valence-electron chi connectivity index (χ0n) is 17.5. The zero-order valence-corrected chi connectivity index (χ0v) is 19.5. The Labute approximate surface area is 154 Å². The van der Waals surface area contributed by atoms with Crippen LogP contribution < -0.4 is 5.32 Å². The van der Waals surface area contributed by atoms with Crippen molar-refractivity contribution in [3.8, 4) is 0 Å². The number of carboxylic acid groups (broad SMARTS) is 1. The first kappa shape index (κ1) is 24.3. The van der Waals surface area contributed by atoms with Crippen LogP contribution in [-0.4, -0.2) is 52.9 Å². The second-order valence-corrected chi connectivity index (χ2v) is 19.2. The summed E-state index contributed by atoms with van der Waals surface area (Å²) >= 11 is 0. The second-order valence-electron chi connectivity index (χ2n) is 9.60. The Kier molecular flexibility index (Phi) is 8.09. The highest BCUT2D eigenvalue weighted by Crippen LogP contribution is 2.39. The largest absolute Gasteiger partial charge is 0.465 e. The molecular formula is C17H37NO5Si2. The summed E-state index contributed by atoms with van der Waals surface area (Å²) in [5.74, 6) is 0. The number of aldehydes is 1. The summed E-state index contributed by atoms with van der Waals surface area (Å²) in [6.45, 7) is 21.3. The minimum Gasteiger partial charge on any atom is -0.465 e. The normalized spacial score (nSPS) is 16.2. The molecule has 0 aromatic heterocycles. The Bertz CT molecular complexity index is 467. The van der Waals surface area contributed by atoms with E-state index >= 15 is 0 Å². The van der Waals surface area contributed by atoms with Gasteiger partial charge in [-0.15, -0.1) is 0 Å². The number of carbonyl (C=O) groups excluding carboxylic acids is 1. The molecule has 25 heavy (non-hydrogen) atoms. The minimum atomic E-state index is -2.20. The first-order valence-corrected chi connectivity index (χ1v) is 14.5. The predicted octanol–water partition coefficient (Wildman–Crippen LogP) is 4.23. The Balaban J connectivity index is 5.47. The predicted molar refractivity (Wildman–Crippen MR) is 106 cm³/mol. The summed E-state index contributed by atoms with van der Waals surface area (Å²) in [5, 5.41) is 11.3. The monoisotopic (exact) mass is 391 g/mol. The van der Waals surface area contributed by atoms with Gasteiger partial charge in [-0.05, 0) is 36.3 Å². The van der Waals surface area contributed by atoms with E-state index in [4.69, 9.17) is 14.0 Å². The van der Waals surface area contributed by atoms with Crippen LogP contribution >= 0.6 is 0 Å². The van der Waals surface area contributed by atoms with Crippen molar-refractivity contribution < 1.29 is 23.5 Å². The maximum absolute atomic E-state index is 11.5. The van der Waals surface area contributed by atoms with Gasteiger partial charge in [0, 0.05) is 0 Å². The molecule has 0 aromatic carbocycles. The quantitative estimate of drug-likeness (QED) is 0.477. The summed E-state index contributed by atoms with van der Waals surface area (Å²) in [5.41, 5.74) is 0. The Hall–Kier alpha value is -0.706. The van der Waals surface area contributed by atoms with Gasteiger partial charge < -0.3 is 24.1 Å². The smallest absolute Gasteiger partial charge is 0.405 e. The van der Waals surface area contributed by atoms with E-state index in [0.717, 1.165) is 0 Å². The lowest BCUT2D eigenvalue weighted by Gasteiger charge is -2.42. The van der Waals surface area contributed by atoms with Crippen molar-refractivity contribution in [1.82, 2.24) is 5.32 Å². The molecule has 8 heteroatoms. The van der Waals surface area contributed by atoms with Gasteiger partial charge in [-0.3, -0.25) is 0 Å². The molecule has 2 N–H and O–H groups in total. The van der Waals surface area contributed by atoms with Gasteiger partial charge in [-0.2, -0.15) is 0 Å². The Morgan fingerprint density at radius 3 is 1.80 bits per heavy atom.